The second kappa shape index (κ2) is 5.71. The molecule has 0 spiro atoms. The predicted molar refractivity (Wildman–Crippen MR) is 78.6 cm³/mol. The van der Waals surface area contributed by atoms with Crippen molar-refractivity contribution < 1.29 is 5.11 Å². The van der Waals surface area contributed by atoms with E-state index in [4.69, 9.17) is 0 Å². The molecule has 5 heteroatoms. The van der Waals surface area contributed by atoms with Crippen molar-refractivity contribution in [3.63, 3.8) is 0 Å². The van der Waals surface area contributed by atoms with Crippen molar-refractivity contribution in [3.05, 3.63) is 24.5 Å². The van der Waals surface area contributed by atoms with Gasteiger partial charge in [0.25, 0.3) is 0 Å². The van der Waals surface area contributed by atoms with Gasteiger partial charge in [0, 0.05) is 31.6 Å². The Balaban J connectivity index is 1.94. The number of piperidine rings is 1. The molecule has 1 aliphatic rings. The fourth-order valence-corrected chi connectivity index (χ4v) is 2.96. The average molecular weight is 272 g/mol. The van der Waals surface area contributed by atoms with Gasteiger partial charge in [0.2, 0.25) is 0 Å². The maximum Gasteiger partial charge on any atom is 0.180 e. The summed E-state index contributed by atoms with van der Waals surface area (Å²) in [5.41, 5.74) is 1.51. The number of anilines is 1. The lowest BCUT2D eigenvalue weighted by atomic mass is 9.92. The minimum atomic E-state index is 0.217. The molecule has 0 bridgehead atoms. The first-order valence-corrected chi connectivity index (χ1v) is 7.25. The van der Waals surface area contributed by atoms with E-state index in [1.54, 1.807) is 12.4 Å². The van der Waals surface area contributed by atoms with Gasteiger partial charge in [-0.3, -0.25) is 4.98 Å². The van der Waals surface area contributed by atoms with Crippen molar-refractivity contribution in [2.24, 2.45) is 5.92 Å². The van der Waals surface area contributed by atoms with Crippen molar-refractivity contribution in [3.8, 4) is 0 Å². The Morgan fingerprint density at radius 3 is 3.00 bits per heavy atom. The Bertz CT molecular complexity index is 589. The summed E-state index contributed by atoms with van der Waals surface area (Å²) >= 11 is 0. The summed E-state index contributed by atoms with van der Waals surface area (Å²) in [5, 5.41) is 9.45. The van der Waals surface area contributed by atoms with Gasteiger partial charge < -0.3 is 10.0 Å². The van der Waals surface area contributed by atoms with Crippen molar-refractivity contribution in [1.82, 2.24) is 15.0 Å². The SMILES string of the molecule is CC(CO)C1CCCCN1c1ccc2nccnc2n1. The lowest BCUT2D eigenvalue weighted by Gasteiger charge is -2.39. The largest absolute Gasteiger partial charge is 0.396 e. The van der Waals surface area contributed by atoms with Crippen molar-refractivity contribution in [1.29, 1.82) is 0 Å². The molecule has 1 aliphatic heterocycles. The van der Waals surface area contributed by atoms with E-state index in [0.717, 1.165) is 24.3 Å². The lowest BCUT2D eigenvalue weighted by molar-refractivity contribution is 0.200. The van der Waals surface area contributed by atoms with Crippen LogP contribution in [0.4, 0.5) is 5.82 Å². The Morgan fingerprint density at radius 1 is 1.30 bits per heavy atom. The topological polar surface area (TPSA) is 62.1 Å². The van der Waals surface area contributed by atoms with Crippen LogP contribution in [0.3, 0.4) is 0 Å². The molecule has 2 unspecified atom stereocenters. The Morgan fingerprint density at radius 2 is 2.15 bits per heavy atom. The molecule has 1 N–H and O–H groups in total. The highest BCUT2D eigenvalue weighted by molar-refractivity contribution is 5.71. The molecule has 0 amide bonds. The van der Waals surface area contributed by atoms with Gasteiger partial charge >= 0.3 is 0 Å². The van der Waals surface area contributed by atoms with Crippen LogP contribution in [-0.2, 0) is 0 Å². The molecule has 3 rings (SSSR count). The van der Waals surface area contributed by atoms with Crippen LogP contribution < -0.4 is 4.90 Å². The molecule has 2 aromatic heterocycles. The van der Waals surface area contributed by atoms with Crippen LogP contribution >= 0.6 is 0 Å². The quantitative estimate of drug-likeness (QED) is 0.926. The summed E-state index contributed by atoms with van der Waals surface area (Å²) < 4.78 is 0. The molecule has 0 aromatic carbocycles. The maximum atomic E-state index is 9.45. The zero-order valence-electron chi connectivity index (χ0n) is 11.7. The summed E-state index contributed by atoms with van der Waals surface area (Å²) in [6.45, 7) is 3.31. The van der Waals surface area contributed by atoms with Gasteiger partial charge in [0.15, 0.2) is 5.65 Å². The van der Waals surface area contributed by atoms with Crippen molar-refractivity contribution in [2.45, 2.75) is 32.2 Å². The molecular formula is C15H20N4O. The van der Waals surface area contributed by atoms with Crippen LogP contribution in [0.5, 0.6) is 0 Å². The number of fused-ring (bicyclic) bond motifs is 1. The Kier molecular flexibility index (Phi) is 3.78. The number of aromatic nitrogens is 3. The summed E-state index contributed by atoms with van der Waals surface area (Å²) in [7, 11) is 0. The molecule has 2 aromatic rings. The molecule has 5 nitrogen and oxygen atoms in total. The van der Waals surface area contributed by atoms with Gasteiger partial charge in [0.1, 0.15) is 11.3 Å². The van der Waals surface area contributed by atoms with Crippen LogP contribution in [0, 0.1) is 5.92 Å². The number of pyridine rings is 1. The van der Waals surface area contributed by atoms with Gasteiger partial charge in [-0.2, -0.15) is 0 Å². The molecule has 2 atom stereocenters. The summed E-state index contributed by atoms with van der Waals surface area (Å²) in [6, 6.07) is 4.34. The van der Waals surface area contributed by atoms with E-state index in [-0.39, 0.29) is 12.5 Å². The third-order valence-corrected chi connectivity index (χ3v) is 4.11. The van der Waals surface area contributed by atoms with E-state index in [0.29, 0.717) is 11.7 Å². The van der Waals surface area contributed by atoms with Gasteiger partial charge in [-0.15, -0.1) is 0 Å². The van der Waals surface area contributed by atoms with Crippen LogP contribution in [-0.4, -0.2) is 39.3 Å². The van der Waals surface area contributed by atoms with E-state index in [1.165, 1.54) is 12.8 Å². The summed E-state index contributed by atoms with van der Waals surface area (Å²) in [4.78, 5) is 15.5. The van der Waals surface area contributed by atoms with Crippen molar-refractivity contribution >= 4 is 17.0 Å². The maximum absolute atomic E-state index is 9.45. The Hall–Kier alpha value is -1.75. The molecule has 0 saturated carbocycles. The monoisotopic (exact) mass is 272 g/mol. The number of hydrogen-bond acceptors (Lipinski definition) is 5. The molecular weight excluding hydrogens is 252 g/mol. The second-order valence-corrected chi connectivity index (χ2v) is 5.48. The standard InChI is InChI=1S/C15H20N4O/c1-11(10-20)13-4-2-3-9-19(13)14-6-5-12-15(18-14)17-8-7-16-12/h5-8,11,13,20H,2-4,9-10H2,1H3. The third-order valence-electron chi connectivity index (χ3n) is 4.11. The first-order chi connectivity index (χ1) is 9.79. The molecule has 1 saturated heterocycles. The number of rotatable bonds is 3. The van der Waals surface area contributed by atoms with E-state index < -0.39 is 0 Å². The van der Waals surface area contributed by atoms with E-state index in [9.17, 15) is 5.11 Å². The normalized spacial score (nSPS) is 21.1. The van der Waals surface area contributed by atoms with E-state index in [1.807, 2.05) is 12.1 Å². The zero-order chi connectivity index (χ0) is 13.9. The highest BCUT2D eigenvalue weighted by atomic mass is 16.3. The molecule has 106 valence electrons. The van der Waals surface area contributed by atoms with Crippen LogP contribution in [0.2, 0.25) is 0 Å². The fraction of sp³-hybridized carbons (Fsp3) is 0.533. The smallest absolute Gasteiger partial charge is 0.180 e. The first-order valence-electron chi connectivity index (χ1n) is 7.25. The highest BCUT2D eigenvalue weighted by Gasteiger charge is 2.28. The lowest BCUT2D eigenvalue weighted by Crippen LogP contribution is -2.45. The summed E-state index contributed by atoms with van der Waals surface area (Å²) in [5.74, 6) is 1.21. The molecule has 1 fully saturated rings. The fourth-order valence-electron chi connectivity index (χ4n) is 2.96. The minimum absolute atomic E-state index is 0.217. The van der Waals surface area contributed by atoms with E-state index >= 15 is 0 Å². The van der Waals surface area contributed by atoms with Crippen LogP contribution in [0.1, 0.15) is 26.2 Å². The molecule has 20 heavy (non-hydrogen) atoms. The second-order valence-electron chi connectivity index (χ2n) is 5.48. The minimum Gasteiger partial charge on any atom is -0.396 e. The number of hydrogen-bond donors (Lipinski definition) is 1. The van der Waals surface area contributed by atoms with Gasteiger partial charge in [-0.1, -0.05) is 6.92 Å². The molecule has 0 radical (unpaired) electrons. The van der Waals surface area contributed by atoms with Gasteiger partial charge in [0.05, 0.1) is 0 Å². The third kappa shape index (κ3) is 2.45. The van der Waals surface area contributed by atoms with Crippen LogP contribution in [0.15, 0.2) is 24.5 Å². The molecule has 3 heterocycles. The number of aliphatic hydroxyl groups excluding tert-OH is 1. The first kappa shape index (κ1) is 13.2. The van der Waals surface area contributed by atoms with Crippen LogP contribution in [0.25, 0.3) is 11.2 Å². The molecule has 0 aliphatic carbocycles. The van der Waals surface area contributed by atoms with Gasteiger partial charge in [-0.05, 0) is 37.3 Å². The average Bonchev–Trinajstić information content (AvgIpc) is 2.53. The predicted octanol–water partition coefficient (Wildman–Crippen LogP) is 2.01. The zero-order valence-corrected chi connectivity index (χ0v) is 11.7. The van der Waals surface area contributed by atoms with Crippen molar-refractivity contribution in [2.75, 3.05) is 18.1 Å². The number of nitrogens with zero attached hydrogens (tertiary/aromatic N) is 4. The highest BCUT2D eigenvalue weighted by Crippen LogP contribution is 2.28. The summed E-state index contributed by atoms with van der Waals surface area (Å²) in [6.07, 6.45) is 6.86. The van der Waals surface area contributed by atoms with E-state index in [2.05, 4.69) is 26.8 Å². The Labute approximate surface area is 118 Å². The van der Waals surface area contributed by atoms with Gasteiger partial charge in [-0.25, -0.2) is 9.97 Å². The number of aliphatic hydroxyl groups is 1.